The van der Waals surface area contributed by atoms with Gasteiger partial charge >= 0.3 is 5.97 Å². The SMILES string of the molecule is CN(C)c1ccc2c(-c3ccc(NN)cc3C(=O)O)c3ccc(=N)cc-3oc2c1. The number of rotatable bonds is 4. The monoisotopic (exact) mass is 388 g/mol. The third kappa shape index (κ3) is 3.17. The van der Waals surface area contributed by atoms with Crippen LogP contribution in [0.1, 0.15) is 10.4 Å². The van der Waals surface area contributed by atoms with Crippen molar-refractivity contribution in [3.8, 4) is 22.5 Å². The van der Waals surface area contributed by atoms with E-state index in [4.69, 9.17) is 15.7 Å². The minimum absolute atomic E-state index is 0.126. The molecule has 7 heteroatoms. The molecular formula is C22H20N4O3. The second-order valence-corrected chi connectivity index (χ2v) is 6.97. The van der Waals surface area contributed by atoms with E-state index in [1.165, 1.54) is 6.07 Å². The molecule has 1 aliphatic heterocycles. The van der Waals surface area contributed by atoms with E-state index in [-0.39, 0.29) is 5.56 Å². The highest BCUT2D eigenvalue weighted by Crippen LogP contribution is 2.42. The first-order valence-corrected chi connectivity index (χ1v) is 8.96. The van der Waals surface area contributed by atoms with Crippen molar-refractivity contribution in [3.63, 3.8) is 0 Å². The summed E-state index contributed by atoms with van der Waals surface area (Å²) in [7, 11) is 3.87. The van der Waals surface area contributed by atoms with Gasteiger partial charge in [-0.1, -0.05) is 6.07 Å². The Kier molecular flexibility index (Phi) is 4.44. The van der Waals surface area contributed by atoms with Crippen LogP contribution >= 0.6 is 0 Å². The van der Waals surface area contributed by atoms with Crippen LogP contribution in [-0.4, -0.2) is 25.2 Å². The maximum Gasteiger partial charge on any atom is 0.336 e. The molecule has 0 aromatic heterocycles. The van der Waals surface area contributed by atoms with Crippen LogP contribution in [0.2, 0.25) is 0 Å². The number of carboxylic acid groups (broad SMARTS) is 1. The lowest BCUT2D eigenvalue weighted by molar-refractivity contribution is 0.0698. The van der Waals surface area contributed by atoms with Crippen LogP contribution in [0.4, 0.5) is 11.4 Å². The molecule has 0 atom stereocenters. The van der Waals surface area contributed by atoms with E-state index in [1.54, 1.807) is 30.3 Å². The molecule has 1 heterocycles. The number of nitrogens with one attached hydrogen (secondary N) is 2. The second kappa shape index (κ2) is 6.96. The molecule has 2 aliphatic rings. The van der Waals surface area contributed by atoms with E-state index >= 15 is 0 Å². The minimum Gasteiger partial charge on any atom is -0.478 e. The number of hydrazine groups is 1. The summed E-state index contributed by atoms with van der Waals surface area (Å²) in [4.78, 5) is 14.0. The molecule has 5 N–H and O–H groups in total. The van der Waals surface area contributed by atoms with Crippen molar-refractivity contribution < 1.29 is 14.3 Å². The van der Waals surface area contributed by atoms with Gasteiger partial charge in [0.1, 0.15) is 11.3 Å². The van der Waals surface area contributed by atoms with Gasteiger partial charge in [-0.2, -0.15) is 0 Å². The number of nitrogens with zero attached hydrogens (tertiary/aromatic N) is 1. The first-order valence-electron chi connectivity index (χ1n) is 8.96. The van der Waals surface area contributed by atoms with Crippen LogP contribution in [0.15, 0.2) is 59.0 Å². The van der Waals surface area contributed by atoms with Gasteiger partial charge in [0, 0.05) is 54.1 Å². The van der Waals surface area contributed by atoms with Crippen LogP contribution < -0.4 is 21.5 Å². The smallest absolute Gasteiger partial charge is 0.336 e. The molecule has 7 nitrogen and oxygen atoms in total. The van der Waals surface area contributed by atoms with Gasteiger partial charge in [0.05, 0.1) is 10.9 Å². The Bertz CT molecular complexity index is 1280. The average molecular weight is 388 g/mol. The Labute approximate surface area is 166 Å². The minimum atomic E-state index is -1.05. The fraction of sp³-hybridized carbons (Fsp3) is 0.0909. The van der Waals surface area contributed by atoms with Gasteiger partial charge in [0.15, 0.2) is 0 Å². The van der Waals surface area contributed by atoms with Crippen molar-refractivity contribution in [2.75, 3.05) is 24.4 Å². The first kappa shape index (κ1) is 18.5. The zero-order valence-corrected chi connectivity index (χ0v) is 16.0. The van der Waals surface area contributed by atoms with Crippen molar-refractivity contribution >= 4 is 28.3 Å². The lowest BCUT2D eigenvalue weighted by Gasteiger charge is -2.19. The summed E-state index contributed by atoms with van der Waals surface area (Å²) in [6.07, 6.45) is 0. The van der Waals surface area contributed by atoms with Crippen molar-refractivity contribution in [2.45, 2.75) is 0 Å². The predicted molar refractivity (Wildman–Crippen MR) is 113 cm³/mol. The molecule has 29 heavy (non-hydrogen) atoms. The van der Waals surface area contributed by atoms with Crippen molar-refractivity contribution in [3.05, 3.63) is 65.5 Å². The van der Waals surface area contributed by atoms with Gasteiger partial charge in [-0.25, -0.2) is 4.79 Å². The van der Waals surface area contributed by atoms with Gasteiger partial charge in [-0.05, 0) is 42.0 Å². The normalized spacial score (nSPS) is 11.0. The van der Waals surface area contributed by atoms with E-state index in [0.29, 0.717) is 28.0 Å². The summed E-state index contributed by atoms with van der Waals surface area (Å²) in [5.41, 5.74) is 6.72. The quantitative estimate of drug-likeness (QED) is 0.240. The van der Waals surface area contributed by atoms with Gasteiger partial charge < -0.3 is 25.3 Å². The van der Waals surface area contributed by atoms with Crippen LogP contribution in [0.5, 0.6) is 0 Å². The van der Waals surface area contributed by atoms with E-state index in [2.05, 4.69) is 5.43 Å². The lowest BCUT2D eigenvalue weighted by atomic mass is 9.90. The topological polar surface area (TPSA) is 116 Å². The van der Waals surface area contributed by atoms with Crippen LogP contribution in [0.25, 0.3) is 33.4 Å². The molecule has 0 radical (unpaired) electrons. The molecule has 1 aliphatic carbocycles. The Balaban J connectivity index is 2.15. The van der Waals surface area contributed by atoms with Crippen LogP contribution in [0.3, 0.4) is 0 Å². The maximum absolute atomic E-state index is 12.0. The molecule has 146 valence electrons. The molecule has 4 rings (SSSR count). The molecule has 0 bridgehead atoms. The van der Waals surface area contributed by atoms with Gasteiger partial charge in [-0.15, -0.1) is 0 Å². The Morgan fingerprint density at radius 1 is 1.07 bits per heavy atom. The number of nitrogen functional groups attached to an aromatic ring is 1. The number of aromatic carboxylic acids is 1. The van der Waals surface area contributed by atoms with Gasteiger partial charge in [-0.3, -0.25) is 5.84 Å². The summed E-state index contributed by atoms with van der Waals surface area (Å²) in [5.74, 6) is 4.93. The average Bonchev–Trinajstić information content (AvgIpc) is 2.70. The van der Waals surface area contributed by atoms with Crippen molar-refractivity contribution in [2.24, 2.45) is 5.84 Å². The fourth-order valence-corrected chi connectivity index (χ4v) is 3.48. The number of benzene rings is 3. The van der Waals surface area contributed by atoms with Crippen LogP contribution in [-0.2, 0) is 0 Å². The molecule has 0 amide bonds. The van der Waals surface area contributed by atoms with E-state index in [0.717, 1.165) is 22.2 Å². The van der Waals surface area contributed by atoms with Crippen molar-refractivity contribution in [1.29, 1.82) is 5.41 Å². The second-order valence-electron chi connectivity index (χ2n) is 6.97. The van der Waals surface area contributed by atoms with Gasteiger partial charge in [0.25, 0.3) is 0 Å². The van der Waals surface area contributed by atoms with Crippen molar-refractivity contribution in [1.82, 2.24) is 0 Å². The van der Waals surface area contributed by atoms with E-state index in [9.17, 15) is 9.90 Å². The number of anilines is 2. The highest BCUT2D eigenvalue weighted by molar-refractivity contribution is 6.08. The third-order valence-electron chi connectivity index (χ3n) is 4.91. The molecule has 0 unspecified atom stereocenters. The van der Waals surface area contributed by atoms with E-state index < -0.39 is 5.97 Å². The molecular weight excluding hydrogens is 368 g/mol. The maximum atomic E-state index is 12.0. The summed E-state index contributed by atoms with van der Waals surface area (Å²) in [6.45, 7) is 0. The Hall–Kier alpha value is -3.84. The molecule has 0 saturated heterocycles. The third-order valence-corrected chi connectivity index (χ3v) is 4.91. The number of fused-ring (bicyclic) bond motifs is 2. The molecule has 0 saturated carbocycles. The highest BCUT2D eigenvalue weighted by Gasteiger charge is 2.22. The summed E-state index contributed by atoms with van der Waals surface area (Å²) >= 11 is 0. The number of hydrogen-bond donors (Lipinski definition) is 4. The Morgan fingerprint density at radius 2 is 1.83 bits per heavy atom. The number of carboxylic acids is 1. The van der Waals surface area contributed by atoms with E-state index in [1.807, 2.05) is 37.2 Å². The molecule has 0 spiro atoms. The molecule has 2 aromatic rings. The largest absolute Gasteiger partial charge is 0.478 e. The Morgan fingerprint density at radius 3 is 2.52 bits per heavy atom. The standard InChI is InChI=1S/C22H20N4O3/c1-26(2)14-5-8-17-20(11-14)29-19-9-12(23)3-6-16(19)21(17)15-7-4-13(25-24)10-18(15)22(27)28/h3-11,23,25H,24H2,1-2H3,(H,27,28). The van der Waals surface area contributed by atoms with Crippen LogP contribution in [0, 0.1) is 5.41 Å². The fourth-order valence-electron chi connectivity index (χ4n) is 3.48. The number of carbonyl (C=O) groups is 1. The first-order chi connectivity index (χ1) is 13.9. The van der Waals surface area contributed by atoms with Gasteiger partial charge in [0.2, 0.25) is 0 Å². The molecule has 0 fully saturated rings. The zero-order valence-electron chi connectivity index (χ0n) is 16.0. The predicted octanol–water partition coefficient (Wildman–Crippen LogP) is 3.73. The number of hydrogen-bond acceptors (Lipinski definition) is 6. The summed E-state index contributed by atoms with van der Waals surface area (Å²) in [5, 5.41) is 18.9. The zero-order chi connectivity index (χ0) is 20.7. The lowest BCUT2D eigenvalue weighted by Crippen LogP contribution is -2.09. The summed E-state index contributed by atoms with van der Waals surface area (Å²) in [6, 6.07) is 15.9. The number of nitrogens with two attached hydrogens (primary N) is 1. The summed E-state index contributed by atoms with van der Waals surface area (Å²) < 4.78 is 6.10. The molecule has 2 aromatic carbocycles. The highest BCUT2D eigenvalue weighted by atomic mass is 16.4.